The lowest BCUT2D eigenvalue weighted by Crippen LogP contribution is -2.29. The Labute approximate surface area is 117 Å². The summed E-state index contributed by atoms with van der Waals surface area (Å²) in [5.74, 6) is 0. The minimum absolute atomic E-state index is 0.175. The van der Waals surface area contributed by atoms with E-state index in [4.69, 9.17) is 23.6 Å². The Balaban J connectivity index is 1.92. The molecule has 2 fully saturated rings. The summed E-state index contributed by atoms with van der Waals surface area (Å²) in [6.45, 7) is 3.19. The molecule has 2 saturated heterocycles. The number of hydrogen-bond donors (Lipinski definition) is 3. The first-order chi connectivity index (χ1) is 9.30. The van der Waals surface area contributed by atoms with Gasteiger partial charge in [-0.15, -0.1) is 0 Å². The van der Waals surface area contributed by atoms with Crippen molar-refractivity contribution in [3.05, 3.63) is 0 Å². The molecule has 2 rings (SSSR count). The smallest absolute Gasteiger partial charge is 0.394 e. The number of rotatable bonds is 5. The van der Waals surface area contributed by atoms with Crippen LogP contribution in [0.4, 0.5) is 0 Å². The molecular formula is C11H21O8P. The van der Waals surface area contributed by atoms with Crippen LogP contribution < -0.4 is 0 Å². The van der Waals surface area contributed by atoms with Gasteiger partial charge in [0.05, 0.1) is 18.8 Å². The SMILES string of the molecule is C[C@H]1C[C@H](O)[C@@H](OP(=O)(O)O[C@H]2C[C@H](C)O[C@@H]2CO)O1. The molecule has 0 spiro atoms. The maximum absolute atomic E-state index is 11.9. The molecule has 20 heavy (non-hydrogen) atoms. The lowest BCUT2D eigenvalue weighted by molar-refractivity contribution is -0.123. The van der Waals surface area contributed by atoms with E-state index in [9.17, 15) is 14.6 Å². The van der Waals surface area contributed by atoms with Crippen LogP contribution in [0.1, 0.15) is 26.7 Å². The molecule has 0 aromatic carbocycles. The highest BCUT2D eigenvalue weighted by molar-refractivity contribution is 7.47. The van der Waals surface area contributed by atoms with E-state index in [2.05, 4.69) is 0 Å². The molecule has 118 valence electrons. The second kappa shape index (κ2) is 6.37. The number of hydrogen-bond acceptors (Lipinski definition) is 7. The topological polar surface area (TPSA) is 115 Å². The first-order valence-electron chi connectivity index (χ1n) is 6.60. The number of aliphatic hydroxyl groups is 2. The Morgan fingerprint density at radius 3 is 2.40 bits per heavy atom. The molecule has 0 bridgehead atoms. The van der Waals surface area contributed by atoms with Crippen molar-refractivity contribution in [3.8, 4) is 0 Å². The highest BCUT2D eigenvalue weighted by Crippen LogP contribution is 2.49. The third-order valence-corrected chi connectivity index (χ3v) is 4.34. The van der Waals surface area contributed by atoms with Crippen molar-refractivity contribution in [2.75, 3.05) is 6.61 Å². The third kappa shape index (κ3) is 3.99. The van der Waals surface area contributed by atoms with E-state index in [0.717, 1.165) is 0 Å². The summed E-state index contributed by atoms with van der Waals surface area (Å²) in [6, 6.07) is 0. The minimum Gasteiger partial charge on any atom is -0.394 e. The summed E-state index contributed by atoms with van der Waals surface area (Å²) in [6.07, 6.45) is -3.28. The van der Waals surface area contributed by atoms with Crippen molar-refractivity contribution >= 4 is 7.82 Å². The van der Waals surface area contributed by atoms with Crippen molar-refractivity contribution < 1.29 is 38.2 Å². The van der Waals surface area contributed by atoms with Gasteiger partial charge in [-0.1, -0.05) is 0 Å². The predicted octanol–water partition coefficient (Wildman–Crippen LogP) is 0.154. The standard InChI is InChI=1S/C11H21O8P/c1-6-3-8(13)11(17-6)19-20(14,15)18-9-4-7(2)16-10(9)5-12/h6-13H,3-5H2,1-2H3,(H,14,15)/t6-,7-,8-,9-,10+,11+/m0/s1. The van der Waals surface area contributed by atoms with E-state index < -0.39 is 32.4 Å². The van der Waals surface area contributed by atoms with Gasteiger partial charge in [-0.2, -0.15) is 0 Å². The Kier molecular flexibility index (Phi) is 5.20. The molecule has 2 heterocycles. The maximum Gasteiger partial charge on any atom is 0.474 e. The van der Waals surface area contributed by atoms with Gasteiger partial charge in [-0.3, -0.25) is 9.05 Å². The van der Waals surface area contributed by atoms with Gasteiger partial charge in [-0.25, -0.2) is 4.57 Å². The number of phosphoric ester groups is 1. The molecule has 1 unspecified atom stereocenters. The van der Waals surface area contributed by atoms with Crippen LogP contribution in [-0.4, -0.2) is 58.5 Å². The van der Waals surface area contributed by atoms with Gasteiger partial charge >= 0.3 is 7.82 Å². The number of ether oxygens (including phenoxy) is 2. The van der Waals surface area contributed by atoms with Crippen molar-refractivity contribution in [3.63, 3.8) is 0 Å². The van der Waals surface area contributed by atoms with Crippen LogP contribution >= 0.6 is 7.82 Å². The molecule has 0 amide bonds. The second-order valence-electron chi connectivity index (χ2n) is 5.24. The van der Waals surface area contributed by atoms with E-state index in [-0.39, 0.29) is 18.8 Å². The summed E-state index contributed by atoms with van der Waals surface area (Å²) in [4.78, 5) is 9.72. The molecule has 0 saturated carbocycles. The zero-order valence-corrected chi connectivity index (χ0v) is 12.3. The molecule has 0 aliphatic carbocycles. The normalized spacial score (nSPS) is 44.6. The highest BCUT2D eigenvalue weighted by Gasteiger charge is 2.43. The van der Waals surface area contributed by atoms with E-state index in [1.165, 1.54) is 0 Å². The van der Waals surface area contributed by atoms with Crippen LogP contribution in [0.3, 0.4) is 0 Å². The van der Waals surface area contributed by atoms with Crippen LogP contribution in [-0.2, 0) is 23.1 Å². The van der Waals surface area contributed by atoms with Crippen LogP contribution in [0, 0.1) is 0 Å². The summed E-state index contributed by atoms with van der Waals surface area (Å²) in [5, 5.41) is 18.8. The molecule has 3 N–H and O–H groups in total. The van der Waals surface area contributed by atoms with E-state index in [1.807, 2.05) is 0 Å². The van der Waals surface area contributed by atoms with Crippen molar-refractivity contribution in [1.82, 2.24) is 0 Å². The number of phosphoric acid groups is 1. The molecule has 0 radical (unpaired) electrons. The fraction of sp³-hybridized carbons (Fsp3) is 1.00. The third-order valence-electron chi connectivity index (χ3n) is 3.33. The minimum atomic E-state index is -4.41. The molecule has 9 heteroatoms. The quantitative estimate of drug-likeness (QED) is 0.615. The van der Waals surface area contributed by atoms with Crippen molar-refractivity contribution in [2.24, 2.45) is 0 Å². The Hall–Kier alpha value is -0.0500. The van der Waals surface area contributed by atoms with Crippen molar-refractivity contribution in [2.45, 2.75) is 63.5 Å². The fourth-order valence-electron chi connectivity index (χ4n) is 2.44. The predicted molar refractivity (Wildman–Crippen MR) is 66.8 cm³/mol. The molecule has 2 aliphatic heterocycles. The summed E-state index contributed by atoms with van der Waals surface area (Å²) in [7, 11) is -4.41. The maximum atomic E-state index is 11.9. The first-order valence-corrected chi connectivity index (χ1v) is 8.09. The summed E-state index contributed by atoms with van der Waals surface area (Å²) in [5.41, 5.74) is 0. The van der Waals surface area contributed by atoms with E-state index in [1.54, 1.807) is 13.8 Å². The van der Waals surface area contributed by atoms with Gasteiger partial charge in [0.2, 0.25) is 0 Å². The van der Waals surface area contributed by atoms with Gasteiger partial charge in [0.25, 0.3) is 0 Å². The average molecular weight is 312 g/mol. The van der Waals surface area contributed by atoms with Gasteiger partial charge in [0.1, 0.15) is 18.3 Å². The Bertz CT molecular complexity index is 377. The monoisotopic (exact) mass is 312 g/mol. The van der Waals surface area contributed by atoms with Crippen LogP contribution in [0.5, 0.6) is 0 Å². The van der Waals surface area contributed by atoms with Gasteiger partial charge < -0.3 is 24.6 Å². The summed E-state index contributed by atoms with van der Waals surface area (Å²) < 4.78 is 32.3. The van der Waals surface area contributed by atoms with Crippen LogP contribution in [0.2, 0.25) is 0 Å². The Morgan fingerprint density at radius 1 is 1.20 bits per heavy atom. The molecular weight excluding hydrogens is 291 g/mol. The number of aliphatic hydroxyl groups excluding tert-OH is 2. The molecule has 2 aliphatic rings. The molecule has 0 aromatic rings. The lowest BCUT2D eigenvalue weighted by atomic mass is 10.1. The fourth-order valence-corrected chi connectivity index (χ4v) is 3.51. The van der Waals surface area contributed by atoms with E-state index in [0.29, 0.717) is 12.8 Å². The zero-order valence-electron chi connectivity index (χ0n) is 11.4. The van der Waals surface area contributed by atoms with Crippen LogP contribution in [0.15, 0.2) is 0 Å². The zero-order chi connectivity index (χ0) is 14.9. The largest absolute Gasteiger partial charge is 0.474 e. The first kappa shape index (κ1) is 16.3. The summed E-state index contributed by atoms with van der Waals surface area (Å²) >= 11 is 0. The lowest BCUT2D eigenvalue weighted by Gasteiger charge is -2.23. The van der Waals surface area contributed by atoms with Gasteiger partial charge in [-0.05, 0) is 13.8 Å². The highest BCUT2D eigenvalue weighted by atomic mass is 31.2. The average Bonchev–Trinajstić information content (AvgIpc) is 2.81. The van der Waals surface area contributed by atoms with Crippen LogP contribution in [0.25, 0.3) is 0 Å². The molecule has 8 nitrogen and oxygen atoms in total. The second-order valence-corrected chi connectivity index (χ2v) is 6.60. The van der Waals surface area contributed by atoms with Crippen molar-refractivity contribution in [1.29, 1.82) is 0 Å². The van der Waals surface area contributed by atoms with Gasteiger partial charge in [0.15, 0.2) is 6.29 Å². The molecule has 7 atom stereocenters. The van der Waals surface area contributed by atoms with Gasteiger partial charge in [0, 0.05) is 12.8 Å². The molecule has 0 aromatic heterocycles. The van der Waals surface area contributed by atoms with E-state index >= 15 is 0 Å². The Morgan fingerprint density at radius 2 is 1.85 bits per heavy atom.